The van der Waals surface area contributed by atoms with Crippen molar-refractivity contribution >= 4 is 23.8 Å². The molecular weight excluding hydrogens is 932 g/mol. The van der Waals surface area contributed by atoms with Crippen LogP contribution in [0.1, 0.15) is 125 Å². The molecule has 10 N–H and O–H groups in total. The Morgan fingerprint density at radius 2 is 0.786 bits per heavy atom. The summed E-state index contributed by atoms with van der Waals surface area (Å²) in [7, 11) is 2.56. The lowest BCUT2D eigenvalue weighted by atomic mass is 9.61. The van der Waals surface area contributed by atoms with E-state index in [-0.39, 0.29) is 0 Å². The molecule has 4 aliphatic rings. The summed E-state index contributed by atoms with van der Waals surface area (Å²) in [5.41, 5.74) is -28.1. The number of hydrogen-bond donors (Lipinski definition) is 10. The van der Waals surface area contributed by atoms with Crippen molar-refractivity contribution < 1.29 is 108 Å². The number of carboxylic acids is 2. The molecule has 0 aliphatic carbocycles. The normalized spacial score (nSPS) is 52.7. The van der Waals surface area contributed by atoms with Gasteiger partial charge in [-0.15, -0.1) is 0 Å². The van der Waals surface area contributed by atoms with E-state index in [4.69, 9.17) is 37.9 Å². The van der Waals surface area contributed by atoms with Gasteiger partial charge in [0.05, 0.1) is 37.4 Å². The first kappa shape index (κ1) is 61.5. The summed E-state index contributed by atoms with van der Waals surface area (Å²) in [6, 6.07) is 0. The minimum atomic E-state index is -2.34. The number of nitrogens with one attached hydrogen (secondary N) is 2. The quantitative estimate of drug-likeness (QED) is 0.0889. The maximum Gasteiger partial charge on any atom is 0.217 e. The summed E-state index contributed by atoms with van der Waals surface area (Å²) in [6.45, 7) is 22.0. The van der Waals surface area contributed by atoms with Gasteiger partial charge in [-0.3, -0.25) is 9.59 Å². The molecule has 4 fully saturated rings. The molecule has 4 saturated heterocycles. The van der Waals surface area contributed by atoms with Crippen LogP contribution in [0.25, 0.3) is 0 Å². The van der Waals surface area contributed by atoms with Gasteiger partial charge in [-0.1, -0.05) is 0 Å². The fraction of sp³-hybridized carbons (Fsp3) is 0.913. The summed E-state index contributed by atoms with van der Waals surface area (Å²) in [5, 5.41) is 118. The largest absolute Gasteiger partial charge is 0.547 e. The highest BCUT2D eigenvalue weighted by atomic mass is 16.7. The minimum Gasteiger partial charge on any atom is -0.547 e. The third-order valence-corrected chi connectivity index (χ3v) is 17.8. The van der Waals surface area contributed by atoms with Gasteiger partial charge in [0.1, 0.15) is 90.5 Å². The number of aliphatic hydroxyl groups excluding tert-OH is 4. The van der Waals surface area contributed by atoms with Gasteiger partial charge in [-0.25, -0.2) is 0 Å². The summed E-state index contributed by atoms with van der Waals surface area (Å²) in [6.07, 6.45) is -8.65. The Morgan fingerprint density at radius 1 is 0.529 bits per heavy atom. The van der Waals surface area contributed by atoms with Crippen molar-refractivity contribution in [2.24, 2.45) is 0 Å². The molecule has 24 nitrogen and oxygen atoms in total. The van der Waals surface area contributed by atoms with Crippen LogP contribution in [0.3, 0.4) is 0 Å². The molecule has 0 aromatic carbocycles. The van der Waals surface area contributed by atoms with Gasteiger partial charge < -0.3 is 109 Å². The zero-order valence-corrected chi connectivity index (χ0v) is 44.2. The number of carbonyl (C=O) groups is 4. The lowest BCUT2D eigenvalue weighted by molar-refractivity contribution is -0.441. The topological polar surface area (TPSA) is 374 Å². The monoisotopic (exact) mass is 1010 g/mol. The number of carboxylic acid groups (broad SMARTS) is 2. The van der Waals surface area contributed by atoms with Crippen molar-refractivity contribution in [1.29, 1.82) is 0 Å². The van der Waals surface area contributed by atoms with Gasteiger partial charge in [0, 0.05) is 28.1 Å². The zero-order chi connectivity index (χ0) is 55.3. The maximum atomic E-state index is 12.4. The van der Waals surface area contributed by atoms with Crippen LogP contribution < -0.4 is 20.8 Å². The molecule has 4 aliphatic heterocycles. The SMILES string of the molecule is COC1(C)C(O)C(C)(CO)OC(OC2(C)C(C)(C(=O)[O-])OC(C)C(C)(O)C2(C)O)C1(C)NC(C)=O.COC1(C)C(O)C(C)(CO)OC(OC2(C)C(C)(C(=O)[O-])OC(C)C(C)(O)C2(C)O)C1(C)NC(C)=O. The van der Waals surface area contributed by atoms with Crippen molar-refractivity contribution in [1.82, 2.24) is 10.6 Å². The van der Waals surface area contributed by atoms with Crippen molar-refractivity contribution in [2.45, 2.75) is 240 Å². The molecule has 0 bridgehead atoms. The number of ether oxygens (including phenoxy) is 8. The van der Waals surface area contributed by atoms with Gasteiger partial charge >= 0.3 is 0 Å². The van der Waals surface area contributed by atoms with Crippen LogP contribution in [0, 0.1) is 0 Å². The minimum absolute atomic E-state index is 0.562. The lowest BCUT2D eigenvalue weighted by Gasteiger charge is -2.66. The highest BCUT2D eigenvalue weighted by Gasteiger charge is 2.77. The van der Waals surface area contributed by atoms with Gasteiger partial charge in [-0.05, 0) is 111 Å². The predicted octanol–water partition coefficient (Wildman–Crippen LogP) is -4.08. The Balaban J connectivity index is 0.000000370. The highest BCUT2D eigenvalue weighted by molar-refractivity contribution is 5.79. The molecule has 0 saturated carbocycles. The Bertz CT molecular complexity index is 1870. The van der Waals surface area contributed by atoms with Gasteiger partial charge in [-0.2, -0.15) is 0 Å². The molecule has 0 spiro atoms. The van der Waals surface area contributed by atoms with E-state index in [0.717, 1.165) is 13.8 Å². The molecule has 0 aromatic heterocycles. The van der Waals surface area contributed by atoms with E-state index in [1.165, 1.54) is 125 Å². The smallest absolute Gasteiger partial charge is 0.217 e. The van der Waals surface area contributed by atoms with Gasteiger partial charge in [0.25, 0.3) is 0 Å². The standard InChI is InChI=1S/2C23H41NO11/c2*1-12-19(5,30)22(8,31)23(9,21(7,33-12)15(28)29)35-16-18(4,24-13(2)26)20(6,32-10)14(27)17(3,11-25)34-16/h2*12,14,16,25,27,30-31H,11H2,1-10H3,(H,24,26)(H,28,29)/p-2. The van der Waals surface area contributed by atoms with Gasteiger partial charge in [0.2, 0.25) is 11.8 Å². The lowest BCUT2D eigenvalue weighted by Crippen LogP contribution is -2.87. The van der Waals surface area contributed by atoms with Crippen LogP contribution in [0.15, 0.2) is 0 Å². The van der Waals surface area contributed by atoms with Crippen LogP contribution in [-0.4, -0.2) is 207 Å². The van der Waals surface area contributed by atoms with Crippen LogP contribution >= 0.6 is 0 Å². The van der Waals surface area contributed by atoms with Crippen molar-refractivity contribution in [3.05, 3.63) is 0 Å². The van der Waals surface area contributed by atoms with Crippen molar-refractivity contribution in [3.8, 4) is 0 Å². The van der Waals surface area contributed by atoms with E-state index in [1.807, 2.05) is 0 Å². The second-order valence-electron chi connectivity index (χ2n) is 21.9. The number of carbonyl (C=O) groups excluding carboxylic acids is 4. The number of methoxy groups -OCH3 is 2. The first-order valence-corrected chi connectivity index (χ1v) is 22.8. The van der Waals surface area contributed by atoms with Crippen LogP contribution in [-0.2, 0) is 57.1 Å². The Kier molecular flexibility index (Phi) is 16.3. The molecule has 0 radical (unpaired) electrons. The van der Waals surface area contributed by atoms with Crippen LogP contribution in [0.5, 0.6) is 0 Å². The first-order valence-electron chi connectivity index (χ1n) is 22.8. The van der Waals surface area contributed by atoms with Crippen molar-refractivity contribution in [2.75, 3.05) is 27.4 Å². The third kappa shape index (κ3) is 8.20. The Labute approximate surface area is 409 Å². The van der Waals surface area contributed by atoms with E-state index in [0.29, 0.717) is 0 Å². The van der Waals surface area contributed by atoms with E-state index in [2.05, 4.69) is 10.6 Å². The summed E-state index contributed by atoms with van der Waals surface area (Å²) in [4.78, 5) is 49.3. The summed E-state index contributed by atoms with van der Waals surface area (Å²) in [5.74, 6) is -4.60. The van der Waals surface area contributed by atoms with E-state index in [9.17, 15) is 70.2 Å². The fourth-order valence-corrected chi connectivity index (χ4v) is 10.5. The maximum absolute atomic E-state index is 12.4. The molecule has 4 heterocycles. The number of amides is 2. The average molecular weight is 1010 g/mol. The third-order valence-electron chi connectivity index (χ3n) is 17.8. The molecule has 20 atom stereocenters. The molecule has 4 rings (SSSR count). The summed E-state index contributed by atoms with van der Waals surface area (Å²) < 4.78 is 47.2. The predicted molar refractivity (Wildman–Crippen MR) is 237 cm³/mol. The second-order valence-corrected chi connectivity index (χ2v) is 21.9. The van der Waals surface area contributed by atoms with E-state index < -0.39 is 152 Å². The zero-order valence-electron chi connectivity index (χ0n) is 44.2. The summed E-state index contributed by atoms with van der Waals surface area (Å²) >= 11 is 0. The molecule has 70 heavy (non-hydrogen) atoms. The number of hydrogen-bond acceptors (Lipinski definition) is 22. The van der Waals surface area contributed by atoms with Crippen LogP contribution in [0.4, 0.5) is 0 Å². The van der Waals surface area contributed by atoms with E-state index >= 15 is 0 Å². The van der Waals surface area contributed by atoms with E-state index in [1.54, 1.807) is 0 Å². The average Bonchev–Trinajstić information content (AvgIpc) is 3.24. The highest BCUT2D eigenvalue weighted by Crippen LogP contribution is 2.56. The Hall–Kier alpha value is -2.76. The molecular formula is C46H80N2O22-2. The number of aliphatic carboxylic acids is 2. The second kappa shape index (κ2) is 18.6. The molecule has 24 heteroatoms. The van der Waals surface area contributed by atoms with Gasteiger partial charge in [0.15, 0.2) is 12.6 Å². The molecule has 0 aromatic rings. The van der Waals surface area contributed by atoms with Crippen LogP contribution in [0.2, 0.25) is 0 Å². The number of rotatable bonds is 12. The fourth-order valence-electron chi connectivity index (χ4n) is 10.5. The molecule has 20 unspecified atom stereocenters. The molecule has 2 amide bonds. The molecule has 408 valence electrons. The Morgan fingerprint density at radius 3 is 0.986 bits per heavy atom. The first-order chi connectivity index (χ1) is 31.2. The van der Waals surface area contributed by atoms with Crippen molar-refractivity contribution in [3.63, 3.8) is 0 Å². The number of aliphatic hydroxyl groups is 8.